The highest BCUT2D eigenvalue weighted by Gasteiger charge is 2.29. The highest BCUT2D eigenvalue weighted by molar-refractivity contribution is 6.42. The first-order valence-electron chi connectivity index (χ1n) is 6.33. The predicted molar refractivity (Wildman–Crippen MR) is 85.8 cm³/mol. The lowest BCUT2D eigenvalue weighted by Crippen LogP contribution is -2.29. The van der Waals surface area contributed by atoms with Gasteiger partial charge in [-0.25, -0.2) is 0 Å². The fourth-order valence-corrected chi connectivity index (χ4v) is 2.86. The molecule has 0 fully saturated rings. The third kappa shape index (κ3) is 3.67. The Morgan fingerprint density at radius 1 is 0.950 bits per heavy atom. The van der Waals surface area contributed by atoms with Crippen LogP contribution in [0.15, 0.2) is 48.5 Å². The van der Waals surface area contributed by atoms with Gasteiger partial charge in [0.1, 0.15) is 0 Å². The summed E-state index contributed by atoms with van der Waals surface area (Å²) in [6.45, 7) is 0. The fourth-order valence-electron chi connectivity index (χ4n) is 2.23. The molecule has 0 aliphatic carbocycles. The zero-order chi connectivity index (χ0) is 14.6. The van der Waals surface area contributed by atoms with Crippen molar-refractivity contribution in [2.45, 2.75) is 18.4 Å². The largest absolute Gasteiger partial charge is 0.385 e. The van der Waals surface area contributed by atoms with Crippen LogP contribution in [0.1, 0.15) is 17.5 Å². The van der Waals surface area contributed by atoms with Gasteiger partial charge >= 0.3 is 0 Å². The maximum absolute atomic E-state index is 10.9. The van der Waals surface area contributed by atoms with Crippen LogP contribution >= 0.6 is 34.8 Å². The molecule has 1 atom stereocenters. The van der Waals surface area contributed by atoms with Crippen molar-refractivity contribution in [1.82, 2.24) is 0 Å². The van der Waals surface area contributed by atoms with Crippen LogP contribution in [-0.2, 0) is 12.0 Å². The molecule has 0 aliphatic rings. The molecule has 1 N–H and O–H groups in total. The average Bonchev–Trinajstić information content (AvgIpc) is 2.44. The van der Waals surface area contributed by atoms with Gasteiger partial charge in [0.15, 0.2) is 0 Å². The second-order valence-corrected chi connectivity index (χ2v) is 5.95. The Morgan fingerprint density at radius 2 is 1.65 bits per heavy atom. The molecule has 0 saturated heterocycles. The standard InChI is InChI=1S/C16H15Cl3O/c17-9-8-16(20,13-4-2-1-3-5-13)11-12-6-7-14(18)15(19)10-12/h1-7,10,20H,8-9,11H2. The van der Waals surface area contributed by atoms with Gasteiger partial charge in [0.2, 0.25) is 0 Å². The predicted octanol–water partition coefficient (Wildman–Crippen LogP) is 5.05. The van der Waals surface area contributed by atoms with Gasteiger partial charge in [-0.15, -0.1) is 11.6 Å². The van der Waals surface area contributed by atoms with E-state index in [0.29, 0.717) is 28.8 Å². The van der Waals surface area contributed by atoms with Crippen LogP contribution in [0, 0.1) is 0 Å². The van der Waals surface area contributed by atoms with Gasteiger partial charge in [0, 0.05) is 12.3 Å². The number of hydrogen-bond acceptors (Lipinski definition) is 1. The molecule has 0 radical (unpaired) electrons. The maximum Gasteiger partial charge on any atom is 0.0948 e. The van der Waals surface area contributed by atoms with Crippen molar-refractivity contribution in [2.75, 3.05) is 5.88 Å². The van der Waals surface area contributed by atoms with Gasteiger partial charge in [0.05, 0.1) is 15.6 Å². The van der Waals surface area contributed by atoms with E-state index in [4.69, 9.17) is 34.8 Å². The minimum absolute atomic E-state index is 0.382. The number of benzene rings is 2. The smallest absolute Gasteiger partial charge is 0.0948 e. The first kappa shape index (κ1) is 15.7. The van der Waals surface area contributed by atoms with Crippen LogP contribution in [0.25, 0.3) is 0 Å². The molecule has 0 spiro atoms. The molecule has 1 unspecified atom stereocenters. The monoisotopic (exact) mass is 328 g/mol. The van der Waals surface area contributed by atoms with Crippen LogP contribution in [0.3, 0.4) is 0 Å². The quantitative estimate of drug-likeness (QED) is 0.761. The summed E-state index contributed by atoms with van der Waals surface area (Å²) in [6, 6.07) is 14.9. The molecule has 4 heteroatoms. The summed E-state index contributed by atoms with van der Waals surface area (Å²) in [5.74, 6) is 0.382. The lowest BCUT2D eigenvalue weighted by Gasteiger charge is -2.28. The third-order valence-corrected chi connectivity index (χ3v) is 4.23. The molecule has 0 aliphatic heterocycles. The Balaban J connectivity index is 2.31. The molecule has 106 valence electrons. The van der Waals surface area contributed by atoms with Crippen molar-refractivity contribution in [1.29, 1.82) is 0 Å². The summed E-state index contributed by atoms with van der Waals surface area (Å²) in [4.78, 5) is 0. The number of aliphatic hydroxyl groups is 1. The summed E-state index contributed by atoms with van der Waals surface area (Å²) < 4.78 is 0. The number of rotatable bonds is 5. The molecule has 0 bridgehead atoms. The summed E-state index contributed by atoms with van der Waals surface area (Å²) in [5.41, 5.74) is 0.780. The van der Waals surface area contributed by atoms with Gasteiger partial charge < -0.3 is 5.11 Å². The molecule has 2 aromatic carbocycles. The Bertz CT molecular complexity index is 571. The summed E-state index contributed by atoms with van der Waals surface area (Å²) >= 11 is 17.8. The number of hydrogen-bond donors (Lipinski definition) is 1. The lowest BCUT2D eigenvalue weighted by molar-refractivity contribution is 0.0336. The lowest BCUT2D eigenvalue weighted by atomic mass is 9.85. The van der Waals surface area contributed by atoms with Crippen molar-refractivity contribution in [3.8, 4) is 0 Å². The molecule has 2 rings (SSSR count). The Kier molecular flexibility index (Phi) is 5.34. The van der Waals surface area contributed by atoms with Crippen molar-refractivity contribution in [3.63, 3.8) is 0 Å². The molecule has 0 heterocycles. The van der Waals surface area contributed by atoms with E-state index in [1.54, 1.807) is 12.1 Å². The van der Waals surface area contributed by atoms with E-state index >= 15 is 0 Å². The zero-order valence-electron chi connectivity index (χ0n) is 10.8. The molecular weight excluding hydrogens is 315 g/mol. The zero-order valence-corrected chi connectivity index (χ0v) is 13.1. The minimum Gasteiger partial charge on any atom is -0.385 e. The minimum atomic E-state index is -1.000. The summed E-state index contributed by atoms with van der Waals surface area (Å²) in [7, 11) is 0. The summed E-state index contributed by atoms with van der Waals surface area (Å²) in [5, 5.41) is 11.9. The van der Waals surface area contributed by atoms with Crippen molar-refractivity contribution in [3.05, 3.63) is 69.7 Å². The second kappa shape index (κ2) is 6.82. The average molecular weight is 330 g/mol. The van der Waals surface area contributed by atoms with Crippen LogP contribution in [0.5, 0.6) is 0 Å². The van der Waals surface area contributed by atoms with E-state index in [9.17, 15) is 5.11 Å². The van der Waals surface area contributed by atoms with Crippen LogP contribution < -0.4 is 0 Å². The normalized spacial score (nSPS) is 14.0. The Hall–Kier alpha value is -0.730. The first-order chi connectivity index (χ1) is 9.55. The van der Waals surface area contributed by atoms with E-state index in [1.807, 2.05) is 36.4 Å². The number of alkyl halides is 1. The highest BCUT2D eigenvalue weighted by Crippen LogP contribution is 2.32. The van der Waals surface area contributed by atoms with Crippen LogP contribution in [0.4, 0.5) is 0 Å². The van der Waals surface area contributed by atoms with Gasteiger partial charge in [-0.1, -0.05) is 59.6 Å². The topological polar surface area (TPSA) is 20.2 Å². The third-order valence-electron chi connectivity index (χ3n) is 3.30. The van der Waals surface area contributed by atoms with Crippen LogP contribution in [-0.4, -0.2) is 11.0 Å². The highest BCUT2D eigenvalue weighted by atomic mass is 35.5. The van der Waals surface area contributed by atoms with Crippen molar-refractivity contribution >= 4 is 34.8 Å². The fraction of sp³-hybridized carbons (Fsp3) is 0.250. The SMILES string of the molecule is OC(CCCl)(Cc1ccc(Cl)c(Cl)c1)c1ccccc1. The molecule has 0 aromatic heterocycles. The maximum atomic E-state index is 10.9. The van der Waals surface area contributed by atoms with Gasteiger partial charge in [0.25, 0.3) is 0 Å². The summed E-state index contributed by atoms with van der Waals surface area (Å²) in [6.07, 6.45) is 0.916. The van der Waals surface area contributed by atoms with Gasteiger partial charge in [-0.2, -0.15) is 0 Å². The molecule has 0 saturated carbocycles. The van der Waals surface area contributed by atoms with Gasteiger partial charge in [-0.3, -0.25) is 0 Å². The molecule has 0 amide bonds. The molecular formula is C16H15Cl3O. The van der Waals surface area contributed by atoms with Crippen molar-refractivity contribution < 1.29 is 5.11 Å². The Morgan fingerprint density at radius 3 is 2.25 bits per heavy atom. The second-order valence-electron chi connectivity index (χ2n) is 4.76. The van der Waals surface area contributed by atoms with E-state index in [-0.39, 0.29) is 0 Å². The van der Waals surface area contributed by atoms with E-state index in [1.165, 1.54) is 0 Å². The molecule has 1 nitrogen and oxygen atoms in total. The van der Waals surface area contributed by atoms with Crippen LogP contribution in [0.2, 0.25) is 10.0 Å². The van der Waals surface area contributed by atoms with E-state index in [0.717, 1.165) is 11.1 Å². The van der Waals surface area contributed by atoms with Gasteiger partial charge in [-0.05, 0) is 29.7 Å². The first-order valence-corrected chi connectivity index (χ1v) is 7.62. The van der Waals surface area contributed by atoms with E-state index < -0.39 is 5.60 Å². The molecule has 20 heavy (non-hydrogen) atoms. The van der Waals surface area contributed by atoms with Crippen molar-refractivity contribution in [2.24, 2.45) is 0 Å². The van der Waals surface area contributed by atoms with E-state index in [2.05, 4.69) is 0 Å². The number of halogens is 3. The molecule has 2 aromatic rings. The Labute approximate surface area is 134 Å².